The van der Waals surface area contributed by atoms with Gasteiger partial charge in [0, 0.05) is 21.3 Å². The lowest BCUT2D eigenvalue weighted by Crippen LogP contribution is -2.19. The van der Waals surface area contributed by atoms with Crippen molar-refractivity contribution in [3.63, 3.8) is 0 Å². The van der Waals surface area contributed by atoms with E-state index in [-0.39, 0.29) is 28.8 Å². The molecule has 0 aliphatic rings. The van der Waals surface area contributed by atoms with E-state index in [1.807, 2.05) is 54.6 Å². The van der Waals surface area contributed by atoms with Crippen molar-refractivity contribution in [3.05, 3.63) is 124 Å². The molecule has 0 bridgehead atoms. The fourth-order valence-electron chi connectivity index (χ4n) is 3.62. The second-order valence-electron chi connectivity index (χ2n) is 8.27. The van der Waals surface area contributed by atoms with Gasteiger partial charge in [-0.1, -0.05) is 65.7 Å². The minimum absolute atomic E-state index is 0.0878. The third-order valence-electron chi connectivity index (χ3n) is 5.47. The molecule has 2 amide bonds. The molecule has 0 fully saturated rings. The average molecular weight is 565 g/mol. The maximum atomic E-state index is 13.3. The summed E-state index contributed by atoms with van der Waals surface area (Å²) in [5, 5.41) is 15.1. The molecule has 4 rings (SSSR count). The molecule has 0 spiro atoms. The molecule has 4 aromatic rings. The van der Waals surface area contributed by atoms with E-state index in [4.69, 9.17) is 23.2 Å². The zero-order valence-electron chi connectivity index (χ0n) is 19.9. The molecule has 1 unspecified atom stereocenters. The predicted molar refractivity (Wildman–Crippen MR) is 152 cm³/mol. The van der Waals surface area contributed by atoms with E-state index < -0.39 is 11.2 Å². The van der Waals surface area contributed by atoms with Gasteiger partial charge in [0.2, 0.25) is 11.8 Å². The summed E-state index contributed by atoms with van der Waals surface area (Å²) in [7, 11) is 0. The number of aromatic carboxylic acids is 1. The van der Waals surface area contributed by atoms with Crippen molar-refractivity contribution < 1.29 is 19.5 Å². The van der Waals surface area contributed by atoms with E-state index in [9.17, 15) is 19.5 Å². The normalized spacial score (nSPS) is 11.4. The van der Waals surface area contributed by atoms with Gasteiger partial charge in [0.25, 0.3) is 0 Å². The number of rotatable bonds is 9. The second kappa shape index (κ2) is 12.6. The van der Waals surface area contributed by atoms with Gasteiger partial charge in [0.1, 0.15) is 5.25 Å². The molecule has 9 heteroatoms. The quantitative estimate of drug-likeness (QED) is 0.185. The summed E-state index contributed by atoms with van der Waals surface area (Å²) in [5.74, 6) is -1.65. The molecule has 0 aliphatic carbocycles. The first-order valence-corrected chi connectivity index (χ1v) is 13.1. The van der Waals surface area contributed by atoms with Crippen LogP contribution >= 0.6 is 35.0 Å². The predicted octanol–water partition coefficient (Wildman–Crippen LogP) is 7.34. The van der Waals surface area contributed by atoms with E-state index in [0.29, 0.717) is 16.4 Å². The Kier molecular flexibility index (Phi) is 9.07. The molecule has 0 saturated heterocycles. The molecule has 6 nitrogen and oxygen atoms in total. The summed E-state index contributed by atoms with van der Waals surface area (Å²) in [6.45, 7) is 0. The third-order valence-corrected chi connectivity index (χ3v) is 7.32. The molecule has 3 N–H and O–H groups in total. The highest BCUT2D eigenvalue weighted by Crippen LogP contribution is 2.37. The summed E-state index contributed by atoms with van der Waals surface area (Å²) in [6.07, 6.45) is 0.220. The number of hydrogen-bond acceptors (Lipinski definition) is 4. The van der Waals surface area contributed by atoms with Gasteiger partial charge >= 0.3 is 5.97 Å². The number of nitrogens with one attached hydrogen (secondary N) is 2. The lowest BCUT2D eigenvalue weighted by molar-refractivity contribution is -0.116. The van der Waals surface area contributed by atoms with Crippen LogP contribution in [0.15, 0.2) is 102 Å². The van der Waals surface area contributed by atoms with Crippen LogP contribution in [0.5, 0.6) is 0 Å². The molecule has 0 saturated carbocycles. The second-order valence-corrected chi connectivity index (χ2v) is 10.3. The number of halogens is 2. The lowest BCUT2D eigenvalue weighted by Gasteiger charge is -2.18. The number of carboxylic acid groups (broad SMARTS) is 1. The third kappa shape index (κ3) is 7.38. The maximum Gasteiger partial charge on any atom is 0.337 e. The largest absolute Gasteiger partial charge is 0.478 e. The highest BCUT2D eigenvalue weighted by Gasteiger charge is 2.23. The molecule has 38 heavy (non-hydrogen) atoms. The lowest BCUT2D eigenvalue weighted by atomic mass is 10.1. The summed E-state index contributed by atoms with van der Waals surface area (Å²) < 4.78 is 0. The van der Waals surface area contributed by atoms with E-state index in [1.165, 1.54) is 23.9 Å². The average Bonchev–Trinajstić information content (AvgIpc) is 2.91. The molecule has 0 aromatic heterocycles. The van der Waals surface area contributed by atoms with Gasteiger partial charge in [0.05, 0.1) is 17.0 Å². The number of hydrogen-bond donors (Lipinski definition) is 3. The number of carbonyl (C=O) groups is 3. The van der Waals surface area contributed by atoms with Crippen LogP contribution in [0.4, 0.5) is 11.4 Å². The van der Waals surface area contributed by atoms with Crippen LogP contribution in [0.25, 0.3) is 0 Å². The fourth-order valence-corrected chi connectivity index (χ4v) is 4.97. The minimum Gasteiger partial charge on any atom is -0.478 e. The molecular weight excluding hydrogens is 543 g/mol. The fraction of sp³-hybridized carbons (Fsp3) is 0.0690. The van der Waals surface area contributed by atoms with E-state index in [1.54, 1.807) is 30.3 Å². The Bertz CT molecular complexity index is 1450. The Hall–Kier alpha value is -3.78. The van der Waals surface area contributed by atoms with Crippen LogP contribution < -0.4 is 10.6 Å². The zero-order valence-corrected chi connectivity index (χ0v) is 22.2. The van der Waals surface area contributed by atoms with Gasteiger partial charge in [-0.05, 0) is 65.7 Å². The molecule has 4 aromatic carbocycles. The summed E-state index contributed by atoms with van der Waals surface area (Å²) in [4.78, 5) is 38.0. The molecule has 192 valence electrons. The molecule has 0 heterocycles. The summed E-state index contributed by atoms with van der Waals surface area (Å²) in [6, 6.07) is 27.9. The van der Waals surface area contributed by atoms with Gasteiger partial charge < -0.3 is 15.7 Å². The Morgan fingerprint density at radius 1 is 0.789 bits per heavy atom. The van der Waals surface area contributed by atoms with Crippen molar-refractivity contribution in [2.75, 3.05) is 10.6 Å². The van der Waals surface area contributed by atoms with Crippen LogP contribution in [0.3, 0.4) is 0 Å². The van der Waals surface area contributed by atoms with E-state index in [0.717, 1.165) is 16.0 Å². The number of carboxylic acids is 1. The van der Waals surface area contributed by atoms with Crippen molar-refractivity contribution in [1.29, 1.82) is 0 Å². The van der Waals surface area contributed by atoms with Crippen LogP contribution in [0, 0.1) is 0 Å². The molecule has 0 aliphatic heterocycles. The summed E-state index contributed by atoms with van der Waals surface area (Å²) >= 11 is 13.2. The Labute approximate surface area is 234 Å². The first-order chi connectivity index (χ1) is 18.3. The summed E-state index contributed by atoms with van der Waals surface area (Å²) in [5.41, 5.74) is 2.50. The monoisotopic (exact) mass is 564 g/mol. The molecule has 0 radical (unpaired) electrons. The topological polar surface area (TPSA) is 95.5 Å². The van der Waals surface area contributed by atoms with Crippen molar-refractivity contribution in [1.82, 2.24) is 0 Å². The van der Waals surface area contributed by atoms with Crippen molar-refractivity contribution in [3.8, 4) is 0 Å². The zero-order chi connectivity index (χ0) is 27.1. The van der Waals surface area contributed by atoms with Gasteiger partial charge in [-0.2, -0.15) is 0 Å². The van der Waals surface area contributed by atoms with E-state index >= 15 is 0 Å². The highest BCUT2D eigenvalue weighted by molar-refractivity contribution is 8.00. The number of carbonyl (C=O) groups excluding carboxylic acids is 2. The van der Waals surface area contributed by atoms with Crippen molar-refractivity contribution in [2.24, 2.45) is 0 Å². The molecule has 1 atom stereocenters. The van der Waals surface area contributed by atoms with E-state index in [2.05, 4.69) is 10.6 Å². The number of anilines is 2. The Morgan fingerprint density at radius 3 is 2.11 bits per heavy atom. The number of amides is 2. The van der Waals surface area contributed by atoms with Crippen molar-refractivity contribution >= 4 is 64.1 Å². The van der Waals surface area contributed by atoms with Gasteiger partial charge in [-0.25, -0.2) is 4.79 Å². The number of thioether (sulfide) groups is 1. The minimum atomic E-state index is -1.18. The maximum absolute atomic E-state index is 13.3. The number of benzene rings is 4. The Balaban J connectivity index is 1.46. The van der Waals surface area contributed by atoms with Crippen LogP contribution in [0.2, 0.25) is 10.0 Å². The van der Waals surface area contributed by atoms with Crippen LogP contribution in [-0.2, 0) is 16.0 Å². The van der Waals surface area contributed by atoms with Crippen LogP contribution in [0.1, 0.15) is 26.7 Å². The van der Waals surface area contributed by atoms with Crippen LogP contribution in [-0.4, -0.2) is 22.9 Å². The highest BCUT2D eigenvalue weighted by atomic mass is 35.5. The first kappa shape index (κ1) is 27.3. The SMILES string of the molecule is O=C(Cc1ccc(Cl)cc1)Nc1ccc(SC(C(=O)Nc2ccc(Cl)c(C(=O)O)c2)c2ccccc2)cc1. The van der Waals surface area contributed by atoms with Crippen molar-refractivity contribution in [2.45, 2.75) is 16.6 Å². The first-order valence-electron chi connectivity index (χ1n) is 11.5. The van der Waals surface area contributed by atoms with Gasteiger partial charge in [-0.3, -0.25) is 9.59 Å². The Morgan fingerprint density at radius 2 is 1.45 bits per heavy atom. The van der Waals surface area contributed by atoms with Gasteiger partial charge in [-0.15, -0.1) is 11.8 Å². The van der Waals surface area contributed by atoms with Gasteiger partial charge in [0.15, 0.2) is 0 Å². The molecular formula is C29H22Cl2N2O4S. The smallest absolute Gasteiger partial charge is 0.337 e. The standard InChI is InChI=1S/C29H22Cl2N2O4S/c30-20-8-6-18(7-9-20)16-26(34)32-21-10-13-23(14-11-21)38-27(19-4-2-1-3-5-19)28(35)33-22-12-15-25(31)24(17-22)29(36)37/h1-15,17,27H,16H2,(H,32,34)(H,33,35)(H,36,37).